The molecule has 2 aromatic carbocycles. The van der Waals surface area contributed by atoms with Gasteiger partial charge in [0.25, 0.3) is 0 Å². The highest BCUT2D eigenvalue weighted by Gasteiger charge is 2.06. The maximum absolute atomic E-state index is 12.0. The lowest BCUT2D eigenvalue weighted by atomic mass is 10.1. The van der Waals surface area contributed by atoms with Gasteiger partial charge in [-0.2, -0.15) is 0 Å². The molecule has 0 atom stereocenters. The maximum atomic E-state index is 12.0. The Labute approximate surface area is 195 Å². The van der Waals surface area contributed by atoms with Gasteiger partial charge in [0, 0.05) is 33.1 Å². The molecule has 30 heavy (non-hydrogen) atoms. The van der Waals surface area contributed by atoms with E-state index >= 15 is 0 Å². The molecule has 0 heterocycles. The Morgan fingerprint density at radius 3 is 2.27 bits per heavy atom. The third-order valence-corrected chi connectivity index (χ3v) is 4.35. The van der Waals surface area contributed by atoms with Crippen molar-refractivity contribution >= 4 is 35.8 Å². The van der Waals surface area contributed by atoms with Crippen LogP contribution in [0, 0.1) is 0 Å². The minimum absolute atomic E-state index is 0. The normalized spacial score (nSPS) is 10.6. The molecule has 1 amide bonds. The predicted molar refractivity (Wildman–Crippen MR) is 131 cm³/mol. The van der Waals surface area contributed by atoms with E-state index in [-0.39, 0.29) is 29.9 Å². The van der Waals surface area contributed by atoms with E-state index in [9.17, 15) is 4.79 Å². The number of nitrogens with one attached hydrogen (secondary N) is 3. The van der Waals surface area contributed by atoms with Crippen molar-refractivity contribution in [3.8, 4) is 11.5 Å². The van der Waals surface area contributed by atoms with E-state index in [1.54, 1.807) is 21.3 Å². The van der Waals surface area contributed by atoms with Gasteiger partial charge in [-0.1, -0.05) is 36.4 Å². The van der Waals surface area contributed by atoms with E-state index in [1.165, 1.54) is 0 Å². The van der Waals surface area contributed by atoms with Crippen LogP contribution in [0.3, 0.4) is 0 Å². The molecule has 0 aliphatic heterocycles. The second kappa shape index (κ2) is 14.5. The van der Waals surface area contributed by atoms with Crippen LogP contribution in [0.15, 0.2) is 53.5 Å². The lowest BCUT2D eigenvalue weighted by molar-refractivity contribution is -0.121. The Morgan fingerprint density at radius 1 is 0.900 bits per heavy atom. The Kier molecular flexibility index (Phi) is 12.3. The molecule has 8 heteroatoms. The van der Waals surface area contributed by atoms with Gasteiger partial charge in [0.15, 0.2) is 17.5 Å². The molecule has 2 rings (SSSR count). The first kappa shape index (κ1) is 25.5. The number of hydrogen-bond acceptors (Lipinski definition) is 4. The molecule has 0 aliphatic rings. The van der Waals surface area contributed by atoms with Crippen molar-refractivity contribution in [1.82, 2.24) is 16.0 Å². The molecule has 7 nitrogen and oxygen atoms in total. The van der Waals surface area contributed by atoms with Gasteiger partial charge in [0.1, 0.15) is 0 Å². The summed E-state index contributed by atoms with van der Waals surface area (Å²) in [6.45, 7) is 1.75. The molecule has 0 spiro atoms. The number of amides is 1. The average molecular weight is 526 g/mol. The van der Waals surface area contributed by atoms with Crippen LogP contribution < -0.4 is 25.4 Å². The van der Waals surface area contributed by atoms with Crippen LogP contribution in [0.1, 0.15) is 17.5 Å². The fraction of sp³-hybridized carbons (Fsp3) is 0.364. The summed E-state index contributed by atoms with van der Waals surface area (Å²) in [6.07, 6.45) is 1.18. The Balaban J connectivity index is 0.00000450. The third kappa shape index (κ3) is 8.89. The van der Waals surface area contributed by atoms with Crippen molar-refractivity contribution in [3.63, 3.8) is 0 Å². The molecule has 0 saturated heterocycles. The molecule has 0 radical (unpaired) electrons. The number of hydrogen-bond donors (Lipinski definition) is 3. The predicted octanol–water partition coefficient (Wildman–Crippen LogP) is 2.74. The van der Waals surface area contributed by atoms with Crippen molar-refractivity contribution in [2.45, 2.75) is 19.4 Å². The molecule has 3 N–H and O–H groups in total. The molecule has 0 bridgehead atoms. The number of guanidine groups is 1. The zero-order valence-electron chi connectivity index (χ0n) is 17.7. The quantitative estimate of drug-likeness (QED) is 0.252. The van der Waals surface area contributed by atoms with E-state index in [0.29, 0.717) is 43.5 Å². The monoisotopic (exact) mass is 526 g/mol. The number of methoxy groups -OCH3 is 2. The van der Waals surface area contributed by atoms with E-state index in [4.69, 9.17) is 9.47 Å². The number of nitrogens with zero attached hydrogens (tertiary/aromatic N) is 1. The highest BCUT2D eigenvalue weighted by atomic mass is 127. The van der Waals surface area contributed by atoms with Crippen molar-refractivity contribution in [3.05, 3.63) is 59.7 Å². The average Bonchev–Trinajstić information content (AvgIpc) is 2.77. The first-order valence-electron chi connectivity index (χ1n) is 9.62. The van der Waals surface area contributed by atoms with Gasteiger partial charge in [0.2, 0.25) is 5.91 Å². The van der Waals surface area contributed by atoms with Crippen molar-refractivity contribution in [2.24, 2.45) is 4.99 Å². The number of aliphatic imine (C=N–C) groups is 1. The highest BCUT2D eigenvalue weighted by molar-refractivity contribution is 14.0. The van der Waals surface area contributed by atoms with Crippen molar-refractivity contribution in [2.75, 3.05) is 34.4 Å². The minimum atomic E-state index is 0. The van der Waals surface area contributed by atoms with E-state index in [2.05, 4.69) is 20.9 Å². The summed E-state index contributed by atoms with van der Waals surface area (Å²) >= 11 is 0. The fourth-order valence-electron chi connectivity index (χ4n) is 2.76. The van der Waals surface area contributed by atoms with Gasteiger partial charge in [-0.3, -0.25) is 9.79 Å². The van der Waals surface area contributed by atoms with Gasteiger partial charge >= 0.3 is 0 Å². The summed E-state index contributed by atoms with van der Waals surface area (Å²) in [5, 5.41) is 9.32. The second-order valence-corrected chi connectivity index (χ2v) is 6.38. The SMILES string of the molecule is CN=C(NCCC(=O)NCc1ccccc1)NCCc1ccc(OC)c(OC)c1.I. The largest absolute Gasteiger partial charge is 0.493 e. The van der Waals surface area contributed by atoms with Crippen LogP contribution in [-0.2, 0) is 17.8 Å². The zero-order valence-corrected chi connectivity index (χ0v) is 20.1. The molecule has 0 aliphatic carbocycles. The standard InChI is InChI=1S/C22H30N4O3.HI/c1-23-22(24-13-11-17-9-10-19(28-2)20(15-17)29-3)25-14-12-21(27)26-16-18-7-5-4-6-8-18;/h4-10,15H,11-14,16H2,1-3H3,(H,26,27)(H2,23,24,25);1H. The van der Waals surface area contributed by atoms with Crippen LogP contribution >= 0.6 is 24.0 Å². The topological polar surface area (TPSA) is 84.0 Å². The van der Waals surface area contributed by atoms with Gasteiger partial charge in [-0.05, 0) is 29.7 Å². The molecule has 164 valence electrons. The highest BCUT2D eigenvalue weighted by Crippen LogP contribution is 2.27. The summed E-state index contributed by atoms with van der Waals surface area (Å²) < 4.78 is 10.6. The van der Waals surface area contributed by atoms with Gasteiger partial charge in [-0.15, -0.1) is 24.0 Å². The minimum Gasteiger partial charge on any atom is -0.493 e. The Bertz CT molecular complexity index is 800. The summed E-state index contributed by atoms with van der Waals surface area (Å²) in [7, 11) is 4.96. The molecular weight excluding hydrogens is 495 g/mol. The van der Waals surface area contributed by atoms with Crippen LogP contribution in [-0.4, -0.2) is 46.2 Å². The number of ether oxygens (including phenoxy) is 2. The third-order valence-electron chi connectivity index (χ3n) is 4.35. The number of halogens is 1. The van der Waals surface area contributed by atoms with E-state index in [1.807, 2.05) is 48.5 Å². The molecule has 0 aromatic heterocycles. The fourth-order valence-corrected chi connectivity index (χ4v) is 2.76. The molecule has 0 unspecified atom stereocenters. The smallest absolute Gasteiger partial charge is 0.222 e. The summed E-state index contributed by atoms with van der Waals surface area (Å²) in [4.78, 5) is 16.2. The first-order chi connectivity index (χ1) is 14.2. The van der Waals surface area contributed by atoms with Crippen molar-refractivity contribution in [1.29, 1.82) is 0 Å². The number of carbonyl (C=O) groups is 1. The molecule has 0 fully saturated rings. The van der Waals surface area contributed by atoms with E-state index in [0.717, 1.165) is 17.5 Å². The first-order valence-corrected chi connectivity index (χ1v) is 9.62. The Hall–Kier alpha value is -2.49. The zero-order chi connectivity index (χ0) is 20.9. The number of benzene rings is 2. The van der Waals surface area contributed by atoms with Crippen molar-refractivity contribution < 1.29 is 14.3 Å². The summed E-state index contributed by atoms with van der Waals surface area (Å²) in [5.41, 5.74) is 2.22. The number of carbonyl (C=O) groups excluding carboxylic acids is 1. The van der Waals surface area contributed by atoms with Crippen LogP contribution in [0.4, 0.5) is 0 Å². The van der Waals surface area contributed by atoms with Crippen LogP contribution in [0.5, 0.6) is 11.5 Å². The van der Waals surface area contributed by atoms with Gasteiger partial charge in [-0.25, -0.2) is 0 Å². The van der Waals surface area contributed by atoms with Gasteiger partial charge in [0.05, 0.1) is 14.2 Å². The second-order valence-electron chi connectivity index (χ2n) is 6.38. The summed E-state index contributed by atoms with van der Waals surface area (Å²) in [5.74, 6) is 2.10. The lowest BCUT2D eigenvalue weighted by Gasteiger charge is -2.13. The van der Waals surface area contributed by atoms with Gasteiger partial charge < -0.3 is 25.4 Å². The summed E-state index contributed by atoms with van der Waals surface area (Å²) in [6, 6.07) is 15.7. The lowest BCUT2D eigenvalue weighted by Crippen LogP contribution is -2.40. The Morgan fingerprint density at radius 2 is 1.60 bits per heavy atom. The van der Waals surface area contributed by atoms with Crippen LogP contribution in [0.25, 0.3) is 0 Å². The van der Waals surface area contributed by atoms with E-state index < -0.39 is 0 Å². The molecule has 2 aromatic rings. The maximum Gasteiger partial charge on any atom is 0.222 e. The molecular formula is C22H31IN4O3. The number of rotatable bonds is 10. The molecule has 0 saturated carbocycles. The van der Waals surface area contributed by atoms with Crippen LogP contribution in [0.2, 0.25) is 0 Å².